The molecule has 88 valence electrons. The van der Waals surface area contributed by atoms with Gasteiger partial charge >= 0.3 is 0 Å². The fourth-order valence-electron chi connectivity index (χ4n) is 1.55. The maximum Gasteiger partial charge on any atom is 0.0506 e. The molecule has 17 heavy (non-hydrogen) atoms. The van der Waals surface area contributed by atoms with Crippen molar-refractivity contribution in [3.05, 3.63) is 59.9 Å². The highest BCUT2D eigenvalue weighted by Gasteiger charge is 1.97. The Morgan fingerprint density at radius 3 is 2.59 bits per heavy atom. The average molecular weight is 244 g/mol. The average Bonchev–Trinajstić information content (AvgIpc) is 2.40. The van der Waals surface area contributed by atoms with E-state index in [0.29, 0.717) is 0 Å². The van der Waals surface area contributed by atoms with E-state index >= 15 is 0 Å². The fourth-order valence-corrected chi connectivity index (χ4v) is 2.36. The van der Waals surface area contributed by atoms with Crippen LogP contribution in [-0.2, 0) is 12.3 Å². The largest absolute Gasteiger partial charge is 0.316 e. The highest BCUT2D eigenvalue weighted by atomic mass is 32.2. The second-order valence-electron chi connectivity index (χ2n) is 3.78. The lowest BCUT2D eigenvalue weighted by molar-refractivity contribution is 0.817. The van der Waals surface area contributed by atoms with Crippen LogP contribution in [0.4, 0.5) is 0 Å². The molecule has 1 aromatic heterocycles. The van der Waals surface area contributed by atoms with Crippen LogP contribution in [0.5, 0.6) is 0 Å². The lowest BCUT2D eigenvalue weighted by Gasteiger charge is -2.03. The molecule has 0 aliphatic carbocycles. The van der Waals surface area contributed by atoms with Gasteiger partial charge in [0, 0.05) is 23.4 Å². The number of hydrogen-bond acceptors (Lipinski definition) is 3. The van der Waals surface area contributed by atoms with E-state index in [0.717, 1.165) is 18.0 Å². The lowest BCUT2D eigenvalue weighted by atomic mass is 10.2. The summed E-state index contributed by atoms with van der Waals surface area (Å²) >= 11 is 1.82. The molecule has 0 unspecified atom stereocenters. The van der Waals surface area contributed by atoms with Crippen molar-refractivity contribution < 1.29 is 0 Å². The van der Waals surface area contributed by atoms with Crippen molar-refractivity contribution in [3.63, 3.8) is 0 Å². The van der Waals surface area contributed by atoms with Gasteiger partial charge in [-0.3, -0.25) is 4.98 Å². The highest BCUT2D eigenvalue weighted by Crippen LogP contribution is 2.22. The summed E-state index contributed by atoms with van der Waals surface area (Å²) in [4.78, 5) is 5.60. The minimum Gasteiger partial charge on any atom is -0.316 e. The first-order chi connectivity index (χ1) is 8.38. The molecule has 0 atom stereocenters. The molecule has 2 aromatic rings. The van der Waals surface area contributed by atoms with E-state index in [1.165, 1.54) is 10.5 Å². The molecule has 2 nitrogen and oxygen atoms in total. The minimum atomic E-state index is 0.922. The molecule has 0 aliphatic rings. The third-order valence-corrected chi connectivity index (χ3v) is 3.46. The molecule has 0 spiro atoms. The summed E-state index contributed by atoms with van der Waals surface area (Å²) in [6.45, 7) is 0.922. The number of hydrogen-bond donors (Lipinski definition) is 1. The van der Waals surface area contributed by atoms with E-state index in [4.69, 9.17) is 0 Å². The summed E-state index contributed by atoms with van der Waals surface area (Å²) in [5.41, 5.74) is 2.44. The number of aromatic nitrogens is 1. The van der Waals surface area contributed by atoms with Crippen LogP contribution in [-0.4, -0.2) is 12.0 Å². The Labute approximate surface area is 106 Å². The molecule has 2 rings (SSSR count). The molecular weight excluding hydrogens is 228 g/mol. The van der Waals surface area contributed by atoms with Gasteiger partial charge in [-0.1, -0.05) is 18.2 Å². The Bertz CT molecular complexity index is 440. The Morgan fingerprint density at radius 2 is 1.94 bits per heavy atom. The molecule has 0 radical (unpaired) electrons. The molecule has 1 heterocycles. The topological polar surface area (TPSA) is 24.9 Å². The molecule has 0 fully saturated rings. The molecule has 0 bridgehead atoms. The number of pyridine rings is 1. The van der Waals surface area contributed by atoms with Crippen molar-refractivity contribution in [2.24, 2.45) is 0 Å². The van der Waals surface area contributed by atoms with E-state index in [9.17, 15) is 0 Å². The molecule has 0 amide bonds. The van der Waals surface area contributed by atoms with Crippen LogP contribution in [0.1, 0.15) is 11.3 Å². The molecule has 1 N–H and O–H groups in total. The first-order valence-electron chi connectivity index (χ1n) is 5.65. The molecule has 0 aliphatic heterocycles. The lowest BCUT2D eigenvalue weighted by Crippen LogP contribution is -2.04. The first-order valence-corrected chi connectivity index (χ1v) is 6.63. The van der Waals surface area contributed by atoms with E-state index in [1.54, 1.807) is 0 Å². The second kappa shape index (κ2) is 6.42. The predicted molar refractivity (Wildman–Crippen MR) is 73.0 cm³/mol. The van der Waals surface area contributed by atoms with Gasteiger partial charge in [0.1, 0.15) is 0 Å². The molecule has 1 aromatic carbocycles. The molecule has 3 heteroatoms. The van der Waals surface area contributed by atoms with Crippen molar-refractivity contribution >= 4 is 11.8 Å². The molecule has 0 saturated heterocycles. The number of rotatable bonds is 5. The van der Waals surface area contributed by atoms with Gasteiger partial charge in [-0.15, -0.1) is 11.8 Å². The summed E-state index contributed by atoms with van der Waals surface area (Å²) in [6, 6.07) is 14.7. The van der Waals surface area contributed by atoms with E-state index < -0.39 is 0 Å². The van der Waals surface area contributed by atoms with Crippen molar-refractivity contribution in [3.8, 4) is 0 Å². The fraction of sp³-hybridized carbons (Fsp3) is 0.214. The van der Waals surface area contributed by atoms with Gasteiger partial charge in [0.25, 0.3) is 0 Å². The monoisotopic (exact) mass is 244 g/mol. The van der Waals surface area contributed by atoms with Gasteiger partial charge < -0.3 is 5.32 Å². The zero-order chi connectivity index (χ0) is 11.9. The van der Waals surface area contributed by atoms with Crippen LogP contribution in [0.25, 0.3) is 0 Å². The SMILES string of the molecule is CNCc1ccc(SCc2ccccn2)cc1. The summed E-state index contributed by atoms with van der Waals surface area (Å²) in [7, 11) is 1.96. The third-order valence-electron chi connectivity index (χ3n) is 2.42. The third kappa shape index (κ3) is 3.88. The number of thioether (sulfide) groups is 1. The first kappa shape index (κ1) is 12.1. The predicted octanol–water partition coefficient (Wildman–Crippen LogP) is 3.09. The summed E-state index contributed by atoms with van der Waals surface area (Å²) in [6.07, 6.45) is 1.84. The number of nitrogens with zero attached hydrogens (tertiary/aromatic N) is 1. The van der Waals surface area contributed by atoms with Crippen molar-refractivity contribution in [2.75, 3.05) is 7.05 Å². The van der Waals surface area contributed by atoms with Crippen molar-refractivity contribution in [1.29, 1.82) is 0 Å². The van der Waals surface area contributed by atoms with Crippen LogP contribution in [0.2, 0.25) is 0 Å². The van der Waals surface area contributed by atoms with Crippen LogP contribution >= 0.6 is 11.8 Å². The van der Waals surface area contributed by atoms with Gasteiger partial charge in [0.05, 0.1) is 5.69 Å². The minimum absolute atomic E-state index is 0.922. The smallest absolute Gasteiger partial charge is 0.0506 e. The number of nitrogens with one attached hydrogen (secondary N) is 1. The van der Waals surface area contributed by atoms with Gasteiger partial charge in [0.15, 0.2) is 0 Å². The summed E-state index contributed by atoms with van der Waals surface area (Å²) in [5.74, 6) is 0.923. The summed E-state index contributed by atoms with van der Waals surface area (Å²) < 4.78 is 0. The van der Waals surface area contributed by atoms with Gasteiger partial charge in [-0.25, -0.2) is 0 Å². The standard InChI is InChI=1S/C14H16N2S/c1-15-10-12-5-7-14(8-6-12)17-11-13-4-2-3-9-16-13/h2-9,15H,10-11H2,1H3. The van der Waals surface area contributed by atoms with E-state index in [1.807, 2.05) is 37.1 Å². The number of benzene rings is 1. The van der Waals surface area contributed by atoms with Crippen LogP contribution in [0.15, 0.2) is 53.6 Å². The maximum atomic E-state index is 4.31. The van der Waals surface area contributed by atoms with Gasteiger partial charge in [0.2, 0.25) is 0 Å². The maximum absolute atomic E-state index is 4.31. The van der Waals surface area contributed by atoms with Crippen LogP contribution in [0, 0.1) is 0 Å². The van der Waals surface area contributed by atoms with Crippen molar-refractivity contribution in [1.82, 2.24) is 10.3 Å². The molecular formula is C14H16N2S. The van der Waals surface area contributed by atoms with Crippen LogP contribution < -0.4 is 5.32 Å². The zero-order valence-corrected chi connectivity index (χ0v) is 10.7. The van der Waals surface area contributed by atoms with E-state index in [2.05, 4.69) is 40.6 Å². The van der Waals surface area contributed by atoms with Crippen LogP contribution in [0.3, 0.4) is 0 Å². The Hall–Kier alpha value is -1.32. The normalized spacial score (nSPS) is 10.4. The van der Waals surface area contributed by atoms with Gasteiger partial charge in [-0.2, -0.15) is 0 Å². The van der Waals surface area contributed by atoms with Crippen molar-refractivity contribution in [2.45, 2.75) is 17.2 Å². The van der Waals surface area contributed by atoms with E-state index in [-0.39, 0.29) is 0 Å². The Kier molecular flexibility index (Phi) is 4.59. The second-order valence-corrected chi connectivity index (χ2v) is 4.83. The Morgan fingerprint density at radius 1 is 1.12 bits per heavy atom. The molecule has 0 saturated carbocycles. The zero-order valence-electron chi connectivity index (χ0n) is 9.89. The highest BCUT2D eigenvalue weighted by molar-refractivity contribution is 7.98. The van der Waals surface area contributed by atoms with Gasteiger partial charge in [-0.05, 0) is 36.9 Å². The quantitative estimate of drug-likeness (QED) is 0.818. The Balaban J connectivity index is 1.91. The summed E-state index contributed by atoms with van der Waals surface area (Å²) in [5, 5.41) is 3.14.